The van der Waals surface area contributed by atoms with Crippen LogP contribution in [0.15, 0.2) is 35.0 Å². The van der Waals surface area contributed by atoms with Crippen LogP contribution in [-0.2, 0) is 17.1 Å². The fraction of sp³-hybridized carbons (Fsp3) is 0. The molecule has 2 heterocycles. The Morgan fingerprint density at radius 3 is 1.62 bits per heavy atom. The van der Waals surface area contributed by atoms with E-state index in [0.29, 0.717) is 0 Å². The maximum atomic E-state index is 2.15. The van der Waals surface area contributed by atoms with Crippen molar-refractivity contribution in [1.29, 1.82) is 0 Å². The molecule has 0 fully saturated rings. The molecule has 0 aliphatic carbocycles. The summed E-state index contributed by atoms with van der Waals surface area (Å²) >= 11 is 3.53. The van der Waals surface area contributed by atoms with Crippen molar-refractivity contribution in [2.45, 2.75) is 0 Å². The Kier molecular flexibility index (Phi) is 4.46. The van der Waals surface area contributed by atoms with Gasteiger partial charge in [-0.3, -0.25) is 0 Å². The molecule has 0 aliphatic rings. The molecule has 0 bridgehead atoms. The van der Waals surface area contributed by atoms with Crippen molar-refractivity contribution in [3.8, 4) is 0 Å². The molecule has 0 nitrogen and oxygen atoms in total. The summed E-state index contributed by atoms with van der Waals surface area (Å²) in [5.41, 5.74) is 0. The number of hydrogen-bond donors (Lipinski definition) is 0. The number of thiophene rings is 2. The monoisotopic (exact) mass is 255 g/mol. The largest absolute Gasteiger partial charge is 0.144 e. The Morgan fingerprint density at radius 1 is 0.846 bits per heavy atom. The molecule has 13 heavy (non-hydrogen) atoms. The second-order valence-corrected chi connectivity index (χ2v) is 4.32. The van der Waals surface area contributed by atoms with Crippen molar-refractivity contribution < 1.29 is 17.1 Å². The Morgan fingerprint density at radius 2 is 1.31 bits per heavy atom. The van der Waals surface area contributed by atoms with Gasteiger partial charge in [0.25, 0.3) is 0 Å². The van der Waals surface area contributed by atoms with Crippen LogP contribution in [0.2, 0.25) is 0 Å². The van der Waals surface area contributed by atoms with E-state index in [-0.39, 0.29) is 17.1 Å². The molecule has 0 saturated carbocycles. The van der Waals surface area contributed by atoms with E-state index in [1.54, 1.807) is 22.7 Å². The normalized spacial score (nSPS) is 10.2. The van der Waals surface area contributed by atoms with E-state index in [4.69, 9.17) is 0 Å². The molecule has 0 spiro atoms. The van der Waals surface area contributed by atoms with E-state index < -0.39 is 0 Å². The maximum absolute atomic E-state index is 2.15. The van der Waals surface area contributed by atoms with Crippen LogP contribution in [0.25, 0.3) is 12.2 Å². The van der Waals surface area contributed by atoms with Gasteiger partial charge in [-0.2, -0.15) is 0 Å². The van der Waals surface area contributed by atoms with E-state index in [1.165, 1.54) is 9.75 Å². The summed E-state index contributed by atoms with van der Waals surface area (Å²) in [4.78, 5) is 2.62. The Labute approximate surface area is 96.4 Å². The van der Waals surface area contributed by atoms with Gasteiger partial charge >= 0.3 is 0 Å². The molecule has 2 aromatic heterocycles. The van der Waals surface area contributed by atoms with Gasteiger partial charge in [0.2, 0.25) is 0 Å². The molecule has 0 saturated heterocycles. The van der Waals surface area contributed by atoms with E-state index >= 15 is 0 Å². The van der Waals surface area contributed by atoms with E-state index in [2.05, 4.69) is 47.2 Å². The van der Waals surface area contributed by atoms with Crippen molar-refractivity contribution in [1.82, 2.24) is 0 Å². The average Bonchev–Trinajstić information content (AvgIpc) is 2.74. The zero-order chi connectivity index (χ0) is 8.23. The number of hydrogen-bond acceptors (Lipinski definition) is 2. The molecular weight excluding hydrogens is 248 g/mol. The molecule has 2 aromatic rings. The second kappa shape index (κ2) is 5.40. The third-order valence-electron chi connectivity index (χ3n) is 1.50. The number of rotatable bonds is 2. The molecule has 0 aliphatic heterocycles. The van der Waals surface area contributed by atoms with E-state index in [1.807, 2.05) is 0 Å². The summed E-state index contributed by atoms with van der Waals surface area (Å²) in [6.45, 7) is 0. The first-order chi connectivity index (χ1) is 5.95. The van der Waals surface area contributed by atoms with Crippen LogP contribution >= 0.6 is 22.7 Å². The average molecular weight is 256 g/mol. The van der Waals surface area contributed by atoms with Gasteiger partial charge in [0.1, 0.15) is 0 Å². The first-order valence-electron chi connectivity index (χ1n) is 3.70. The Bertz CT molecular complexity index is 310. The van der Waals surface area contributed by atoms with Crippen LogP contribution in [0.3, 0.4) is 0 Å². The zero-order valence-electron chi connectivity index (χ0n) is 6.74. The van der Waals surface area contributed by atoms with Crippen molar-refractivity contribution in [2.75, 3.05) is 0 Å². The first kappa shape index (κ1) is 10.7. The topological polar surface area (TPSA) is 0 Å². The fourth-order valence-electron chi connectivity index (χ4n) is 0.936. The smallest absolute Gasteiger partial charge is 0.0270 e. The molecule has 0 amide bonds. The first-order valence-corrected chi connectivity index (χ1v) is 5.46. The third kappa shape index (κ3) is 3.12. The van der Waals surface area contributed by atoms with Crippen molar-refractivity contribution in [3.05, 3.63) is 44.8 Å². The van der Waals surface area contributed by atoms with Crippen LogP contribution < -0.4 is 0 Å². The molecule has 0 atom stereocenters. The molecule has 1 radical (unpaired) electrons. The van der Waals surface area contributed by atoms with Crippen molar-refractivity contribution in [2.24, 2.45) is 0 Å². The van der Waals surface area contributed by atoms with E-state index in [0.717, 1.165) is 0 Å². The molecule has 0 aromatic carbocycles. The summed E-state index contributed by atoms with van der Waals surface area (Å²) in [5.74, 6) is 0. The summed E-state index contributed by atoms with van der Waals surface area (Å²) in [7, 11) is 0. The molecule has 3 heteroatoms. The summed E-state index contributed by atoms with van der Waals surface area (Å²) in [6.07, 6.45) is 4.30. The van der Waals surface area contributed by atoms with Crippen molar-refractivity contribution in [3.63, 3.8) is 0 Å². The quantitative estimate of drug-likeness (QED) is 0.713. The van der Waals surface area contributed by atoms with Crippen LogP contribution in [0, 0.1) is 0 Å². The Balaban J connectivity index is 0.000000845. The summed E-state index contributed by atoms with van der Waals surface area (Å²) in [6, 6.07) is 8.38. The molecule has 2 rings (SSSR count). The maximum Gasteiger partial charge on any atom is 0.0270 e. The zero-order valence-corrected chi connectivity index (χ0v) is 9.31. The minimum absolute atomic E-state index is 0. The van der Waals surface area contributed by atoms with Gasteiger partial charge in [-0.05, 0) is 35.0 Å². The van der Waals surface area contributed by atoms with Gasteiger partial charge in [0.05, 0.1) is 0 Å². The van der Waals surface area contributed by atoms with Gasteiger partial charge in [-0.1, -0.05) is 12.1 Å². The summed E-state index contributed by atoms with van der Waals surface area (Å²) < 4.78 is 0. The van der Waals surface area contributed by atoms with E-state index in [9.17, 15) is 0 Å². The second-order valence-electron chi connectivity index (χ2n) is 2.36. The minimum atomic E-state index is 0. The van der Waals surface area contributed by atoms with Gasteiger partial charge < -0.3 is 0 Å². The Hall–Kier alpha value is -0.341. The fourth-order valence-corrected chi connectivity index (χ4v) is 2.17. The van der Waals surface area contributed by atoms with Gasteiger partial charge in [-0.25, -0.2) is 0 Å². The minimum Gasteiger partial charge on any atom is -0.144 e. The molecule has 0 unspecified atom stereocenters. The van der Waals surface area contributed by atoms with Crippen LogP contribution in [0.1, 0.15) is 9.75 Å². The molecule has 71 valence electrons. The van der Waals surface area contributed by atoms with Gasteiger partial charge in [-0.15, -0.1) is 22.7 Å². The van der Waals surface area contributed by atoms with Crippen LogP contribution in [0.4, 0.5) is 0 Å². The van der Waals surface area contributed by atoms with Crippen LogP contribution in [0.5, 0.6) is 0 Å². The molecule has 0 N–H and O–H groups in total. The van der Waals surface area contributed by atoms with Gasteiger partial charge in [0.15, 0.2) is 0 Å². The SMILES string of the molecule is C(=Cc1cccs1)c1cccs1.[Cu]. The predicted octanol–water partition coefficient (Wildman–Crippen LogP) is 3.98. The third-order valence-corrected chi connectivity index (χ3v) is 3.17. The van der Waals surface area contributed by atoms with Crippen molar-refractivity contribution >= 4 is 34.8 Å². The van der Waals surface area contributed by atoms with Gasteiger partial charge in [0, 0.05) is 26.8 Å². The van der Waals surface area contributed by atoms with Crippen LogP contribution in [-0.4, -0.2) is 0 Å². The summed E-state index contributed by atoms with van der Waals surface area (Å²) in [5, 5.41) is 4.18. The predicted molar refractivity (Wildman–Crippen MR) is 57.6 cm³/mol. The molecular formula is C10H8CuS2. The standard InChI is InChI=1S/C10H8S2.Cu/c1-3-9(11-7-1)5-6-10-4-2-8-12-10;/h1-8H;.